The van der Waals surface area contributed by atoms with Gasteiger partial charge in [0.1, 0.15) is 6.04 Å². The van der Waals surface area contributed by atoms with Gasteiger partial charge in [0.15, 0.2) is 6.61 Å². The minimum atomic E-state index is -3.89. The summed E-state index contributed by atoms with van der Waals surface area (Å²) in [5, 5.41) is 2.29. The molecule has 1 atom stereocenters. The van der Waals surface area contributed by atoms with E-state index in [1.54, 1.807) is 12.1 Å². The Bertz CT molecular complexity index is 759. The van der Waals surface area contributed by atoms with Crippen LogP contribution in [0.15, 0.2) is 29.2 Å². The molecule has 26 heavy (non-hydrogen) atoms. The predicted octanol–water partition coefficient (Wildman–Crippen LogP) is -0.591. The van der Waals surface area contributed by atoms with E-state index in [4.69, 9.17) is 4.74 Å². The largest absolute Gasteiger partial charge is 0.454 e. The maximum atomic E-state index is 12.2. The number of carbonyl (C=O) groups is 3. The summed E-state index contributed by atoms with van der Waals surface area (Å²) in [6, 6.07) is 4.93. The number of hydrogen-bond acceptors (Lipinski definition) is 6. The van der Waals surface area contributed by atoms with Crippen molar-refractivity contribution >= 4 is 27.8 Å². The zero-order valence-corrected chi connectivity index (χ0v) is 15.9. The van der Waals surface area contributed by atoms with E-state index in [-0.39, 0.29) is 17.3 Å². The molecule has 0 fully saturated rings. The van der Waals surface area contributed by atoms with Gasteiger partial charge in [0.2, 0.25) is 15.9 Å². The van der Waals surface area contributed by atoms with Gasteiger partial charge in [-0.1, -0.05) is 17.7 Å². The Labute approximate surface area is 152 Å². The fourth-order valence-electron chi connectivity index (χ4n) is 1.71. The lowest BCUT2D eigenvalue weighted by Gasteiger charge is -2.14. The summed E-state index contributed by atoms with van der Waals surface area (Å²) in [6.07, 6.45) is 0. The monoisotopic (exact) mass is 385 g/mol. The van der Waals surface area contributed by atoms with Crippen LogP contribution < -0.4 is 10.0 Å². The molecule has 10 heteroatoms. The molecule has 0 saturated heterocycles. The number of nitrogens with one attached hydrogen (secondary N) is 2. The number of esters is 1. The summed E-state index contributed by atoms with van der Waals surface area (Å²) in [7, 11) is -0.816. The van der Waals surface area contributed by atoms with E-state index in [0.717, 1.165) is 5.56 Å². The highest BCUT2D eigenvalue weighted by Gasteiger charge is 2.23. The van der Waals surface area contributed by atoms with Gasteiger partial charge in [-0.3, -0.25) is 14.4 Å². The van der Waals surface area contributed by atoms with Crippen molar-refractivity contribution in [3.8, 4) is 0 Å². The lowest BCUT2D eigenvalue weighted by atomic mass is 10.2. The highest BCUT2D eigenvalue weighted by atomic mass is 32.2. The normalized spacial score (nSPS) is 12.2. The first-order valence-corrected chi connectivity index (χ1v) is 9.23. The molecule has 144 valence electrons. The van der Waals surface area contributed by atoms with Crippen LogP contribution in [0.5, 0.6) is 0 Å². The van der Waals surface area contributed by atoms with Gasteiger partial charge in [0, 0.05) is 14.1 Å². The second-order valence-corrected chi connectivity index (χ2v) is 7.54. The highest BCUT2D eigenvalue weighted by molar-refractivity contribution is 7.89. The van der Waals surface area contributed by atoms with Crippen LogP contribution in [0.2, 0.25) is 0 Å². The maximum Gasteiger partial charge on any atom is 0.324 e. The lowest BCUT2D eigenvalue weighted by Crippen LogP contribution is -2.42. The van der Waals surface area contributed by atoms with Gasteiger partial charge < -0.3 is 15.0 Å². The van der Waals surface area contributed by atoms with Crippen LogP contribution in [0.1, 0.15) is 12.5 Å². The van der Waals surface area contributed by atoms with E-state index in [2.05, 4.69) is 10.0 Å². The molecule has 0 aliphatic heterocycles. The SMILES string of the molecule is Cc1ccc(S(=O)(=O)N[C@@H](C)C(=O)OCC(=O)NCC(=O)N(C)C)cc1. The van der Waals surface area contributed by atoms with Crippen molar-refractivity contribution in [2.75, 3.05) is 27.2 Å². The Morgan fingerprint density at radius 3 is 2.27 bits per heavy atom. The second-order valence-electron chi connectivity index (χ2n) is 5.83. The molecular weight excluding hydrogens is 362 g/mol. The van der Waals surface area contributed by atoms with Crippen LogP contribution >= 0.6 is 0 Å². The molecule has 0 radical (unpaired) electrons. The third kappa shape index (κ3) is 6.81. The molecule has 0 unspecified atom stereocenters. The van der Waals surface area contributed by atoms with Crippen LogP contribution in [0.25, 0.3) is 0 Å². The van der Waals surface area contributed by atoms with Crippen molar-refractivity contribution in [1.29, 1.82) is 0 Å². The highest BCUT2D eigenvalue weighted by Crippen LogP contribution is 2.10. The van der Waals surface area contributed by atoms with Crippen LogP contribution in [-0.2, 0) is 29.1 Å². The summed E-state index contributed by atoms with van der Waals surface area (Å²) in [4.78, 5) is 36.0. The van der Waals surface area contributed by atoms with Gasteiger partial charge >= 0.3 is 5.97 Å². The molecule has 0 spiro atoms. The van der Waals surface area contributed by atoms with Crippen LogP contribution in [0.3, 0.4) is 0 Å². The van der Waals surface area contributed by atoms with E-state index in [9.17, 15) is 22.8 Å². The van der Waals surface area contributed by atoms with Crippen molar-refractivity contribution in [1.82, 2.24) is 14.9 Å². The van der Waals surface area contributed by atoms with Crippen molar-refractivity contribution in [2.45, 2.75) is 24.8 Å². The van der Waals surface area contributed by atoms with Crippen molar-refractivity contribution in [3.05, 3.63) is 29.8 Å². The molecule has 0 aliphatic carbocycles. The minimum Gasteiger partial charge on any atom is -0.454 e. The zero-order valence-electron chi connectivity index (χ0n) is 15.1. The number of rotatable bonds is 8. The third-order valence-corrected chi connectivity index (χ3v) is 4.85. The molecule has 1 rings (SSSR count). The predicted molar refractivity (Wildman–Crippen MR) is 93.6 cm³/mol. The zero-order chi connectivity index (χ0) is 19.9. The number of hydrogen-bond donors (Lipinski definition) is 2. The Morgan fingerprint density at radius 2 is 1.73 bits per heavy atom. The molecule has 0 saturated carbocycles. The molecule has 0 heterocycles. The van der Waals surface area contributed by atoms with Crippen molar-refractivity contribution in [3.63, 3.8) is 0 Å². The van der Waals surface area contributed by atoms with Crippen LogP contribution in [-0.4, -0.2) is 64.4 Å². The van der Waals surface area contributed by atoms with Gasteiger partial charge in [0.25, 0.3) is 5.91 Å². The number of likely N-dealkylation sites (N-methyl/N-ethyl adjacent to an activating group) is 1. The number of carbonyl (C=O) groups excluding carboxylic acids is 3. The number of amides is 2. The summed E-state index contributed by atoms with van der Waals surface area (Å²) in [5.41, 5.74) is 0.898. The topological polar surface area (TPSA) is 122 Å². The first-order valence-electron chi connectivity index (χ1n) is 7.75. The quantitative estimate of drug-likeness (QED) is 0.577. The molecular formula is C16H23N3O6S. The number of ether oxygens (including phenoxy) is 1. The molecule has 2 amide bonds. The first-order chi connectivity index (χ1) is 12.0. The Balaban J connectivity index is 2.51. The number of sulfonamides is 1. The number of benzene rings is 1. The van der Waals surface area contributed by atoms with E-state index in [1.807, 2.05) is 6.92 Å². The minimum absolute atomic E-state index is 0.0164. The summed E-state index contributed by atoms with van der Waals surface area (Å²) >= 11 is 0. The van der Waals surface area contributed by atoms with Crippen LogP contribution in [0.4, 0.5) is 0 Å². The van der Waals surface area contributed by atoms with Gasteiger partial charge in [-0.25, -0.2) is 8.42 Å². The van der Waals surface area contributed by atoms with E-state index >= 15 is 0 Å². The van der Waals surface area contributed by atoms with Crippen LogP contribution in [0, 0.1) is 6.92 Å². The van der Waals surface area contributed by atoms with E-state index in [0.29, 0.717) is 0 Å². The molecule has 2 N–H and O–H groups in total. The molecule has 0 aromatic heterocycles. The average Bonchev–Trinajstić information content (AvgIpc) is 2.57. The Morgan fingerprint density at radius 1 is 1.15 bits per heavy atom. The number of aryl methyl sites for hydroxylation is 1. The fourth-order valence-corrected chi connectivity index (χ4v) is 2.90. The van der Waals surface area contributed by atoms with E-state index < -0.39 is 34.5 Å². The fraction of sp³-hybridized carbons (Fsp3) is 0.438. The van der Waals surface area contributed by atoms with E-state index in [1.165, 1.54) is 38.1 Å². The van der Waals surface area contributed by atoms with Crippen molar-refractivity contribution < 1.29 is 27.5 Å². The second kappa shape index (κ2) is 9.30. The standard InChI is InChI=1S/C16H23N3O6S/c1-11-5-7-13(8-6-11)26(23,24)18-12(2)16(22)25-10-14(20)17-9-15(21)19(3)4/h5-8,12,18H,9-10H2,1-4H3,(H,17,20)/t12-/m0/s1. The molecule has 9 nitrogen and oxygen atoms in total. The Kier molecular flexibility index (Phi) is 7.72. The number of nitrogens with zero attached hydrogens (tertiary/aromatic N) is 1. The summed E-state index contributed by atoms with van der Waals surface area (Å²) in [6.45, 7) is 2.29. The molecule has 0 aliphatic rings. The van der Waals surface area contributed by atoms with Crippen molar-refractivity contribution in [2.24, 2.45) is 0 Å². The Hall–Kier alpha value is -2.46. The van der Waals surface area contributed by atoms with Gasteiger partial charge in [-0.15, -0.1) is 0 Å². The maximum absolute atomic E-state index is 12.2. The van der Waals surface area contributed by atoms with Gasteiger partial charge in [0.05, 0.1) is 11.4 Å². The van der Waals surface area contributed by atoms with Gasteiger partial charge in [-0.2, -0.15) is 4.72 Å². The summed E-state index contributed by atoms with van der Waals surface area (Å²) in [5.74, 6) is -1.89. The van der Waals surface area contributed by atoms with Gasteiger partial charge in [-0.05, 0) is 26.0 Å². The smallest absolute Gasteiger partial charge is 0.324 e. The molecule has 1 aromatic carbocycles. The average molecular weight is 385 g/mol. The molecule has 1 aromatic rings. The lowest BCUT2D eigenvalue weighted by molar-refractivity contribution is -0.149. The molecule has 0 bridgehead atoms. The summed E-state index contributed by atoms with van der Waals surface area (Å²) < 4.78 is 31.3. The third-order valence-electron chi connectivity index (χ3n) is 3.30. The first kappa shape index (κ1) is 21.6.